The fraction of sp³-hybridized carbons (Fsp3) is 1.00. The molecule has 2 nitrogen and oxygen atoms in total. The molecule has 1 heterocycles. The van der Waals surface area contributed by atoms with E-state index in [1.807, 2.05) is 0 Å². The fourth-order valence-electron chi connectivity index (χ4n) is 3.50. The lowest BCUT2D eigenvalue weighted by atomic mass is 9.87. The van der Waals surface area contributed by atoms with Crippen molar-refractivity contribution in [2.45, 2.75) is 90.4 Å². The van der Waals surface area contributed by atoms with Crippen molar-refractivity contribution >= 4 is 18.8 Å². The Kier molecular flexibility index (Phi) is 4.08. The minimum atomic E-state index is -0.679. The van der Waals surface area contributed by atoms with Crippen LogP contribution < -0.4 is 0 Å². The van der Waals surface area contributed by atoms with E-state index in [0.29, 0.717) is 12.1 Å². The molecule has 4 heteroatoms. The molecule has 1 aliphatic heterocycles. The first-order chi connectivity index (χ1) is 8.14. The molecule has 0 spiro atoms. The molecular formula is C14H28ClN2P. The lowest BCUT2D eigenvalue weighted by Gasteiger charge is -2.40. The van der Waals surface area contributed by atoms with E-state index in [2.05, 4.69) is 50.9 Å². The maximum absolute atomic E-state index is 6.90. The Hall–Kier alpha value is 0.640. The number of nitrogens with zero attached hydrogens (tertiary/aromatic N) is 2. The Morgan fingerprint density at radius 2 is 1.17 bits per heavy atom. The van der Waals surface area contributed by atoms with E-state index in [-0.39, 0.29) is 11.1 Å². The normalized spacial score (nSPS) is 32.8. The molecule has 0 amide bonds. The molecule has 0 N–H and O–H groups in total. The molecule has 0 bridgehead atoms. The first-order valence-electron chi connectivity index (χ1n) is 7.18. The number of rotatable bonds is 0. The van der Waals surface area contributed by atoms with Crippen molar-refractivity contribution in [2.75, 3.05) is 0 Å². The average molecular weight is 291 g/mol. The Labute approximate surface area is 119 Å². The molecule has 106 valence electrons. The van der Waals surface area contributed by atoms with Crippen molar-refractivity contribution in [2.24, 2.45) is 0 Å². The van der Waals surface area contributed by atoms with Crippen LogP contribution in [0.25, 0.3) is 0 Å². The quantitative estimate of drug-likeness (QED) is 0.581. The van der Waals surface area contributed by atoms with Crippen LogP contribution in [0.15, 0.2) is 0 Å². The van der Waals surface area contributed by atoms with E-state index < -0.39 is 7.58 Å². The van der Waals surface area contributed by atoms with Gasteiger partial charge in [0.2, 0.25) is 0 Å². The maximum Gasteiger partial charge on any atom is 0.141 e. The summed E-state index contributed by atoms with van der Waals surface area (Å²) in [6, 6.07) is 1.34. The third kappa shape index (κ3) is 2.59. The van der Waals surface area contributed by atoms with Gasteiger partial charge in [-0.15, -0.1) is 0 Å². The van der Waals surface area contributed by atoms with Gasteiger partial charge in [-0.1, -0.05) is 24.1 Å². The summed E-state index contributed by atoms with van der Waals surface area (Å²) >= 11 is 6.90. The second kappa shape index (κ2) is 4.88. The van der Waals surface area contributed by atoms with Gasteiger partial charge in [0, 0.05) is 23.2 Å². The molecule has 0 aromatic rings. The zero-order chi connectivity index (χ0) is 13.7. The van der Waals surface area contributed by atoms with E-state index in [9.17, 15) is 0 Å². The molecule has 0 aromatic carbocycles. The van der Waals surface area contributed by atoms with Crippen molar-refractivity contribution < 1.29 is 0 Å². The lowest BCUT2D eigenvalue weighted by molar-refractivity contribution is 0.118. The Balaban J connectivity index is 2.34. The number of fused-ring (bicyclic) bond motifs is 1. The van der Waals surface area contributed by atoms with Crippen LogP contribution in [0.2, 0.25) is 0 Å². The van der Waals surface area contributed by atoms with E-state index in [1.54, 1.807) is 0 Å². The van der Waals surface area contributed by atoms with Crippen LogP contribution in [-0.2, 0) is 0 Å². The summed E-state index contributed by atoms with van der Waals surface area (Å²) in [5.74, 6) is 0. The highest BCUT2D eigenvalue weighted by atomic mass is 35.7. The van der Waals surface area contributed by atoms with E-state index in [1.165, 1.54) is 25.7 Å². The molecule has 0 aromatic heterocycles. The minimum absolute atomic E-state index is 0.174. The summed E-state index contributed by atoms with van der Waals surface area (Å²) in [6.45, 7) is 13.8. The first-order valence-corrected chi connectivity index (χ1v) is 9.33. The highest BCUT2D eigenvalue weighted by Crippen LogP contribution is 2.65. The Morgan fingerprint density at radius 1 is 0.833 bits per heavy atom. The number of halogens is 1. The fourth-order valence-corrected chi connectivity index (χ4v) is 7.76. The second-order valence-corrected chi connectivity index (χ2v) is 9.94. The highest BCUT2D eigenvalue weighted by Gasteiger charge is 2.54. The molecule has 1 aliphatic carbocycles. The van der Waals surface area contributed by atoms with Gasteiger partial charge < -0.3 is 0 Å². The summed E-state index contributed by atoms with van der Waals surface area (Å²) in [5.41, 5.74) is 0.349. The summed E-state index contributed by atoms with van der Waals surface area (Å²) in [4.78, 5) is 0. The predicted molar refractivity (Wildman–Crippen MR) is 82.0 cm³/mol. The largest absolute Gasteiger partial charge is 0.247 e. The minimum Gasteiger partial charge on any atom is -0.247 e. The molecule has 1 saturated heterocycles. The van der Waals surface area contributed by atoms with Crippen LogP contribution in [-0.4, -0.2) is 32.5 Å². The lowest BCUT2D eigenvalue weighted by Crippen LogP contribution is -2.48. The number of hydrogen-bond donors (Lipinski definition) is 0. The summed E-state index contributed by atoms with van der Waals surface area (Å²) < 4.78 is 5.22. The van der Waals surface area contributed by atoms with Crippen LogP contribution in [0.3, 0.4) is 0 Å². The third-order valence-electron chi connectivity index (χ3n) is 4.05. The van der Waals surface area contributed by atoms with Crippen molar-refractivity contribution in [1.82, 2.24) is 9.34 Å². The molecule has 2 rings (SSSR count). The van der Waals surface area contributed by atoms with Crippen LogP contribution in [0.5, 0.6) is 0 Å². The van der Waals surface area contributed by atoms with Gasteiger partial charge in [0.1, 0.15) is 7.58 Å². The van der Waals surface area contributed by atoms with Gasteiger partial charge in [-0.05, 0) is 54.4 Å². The Morgan fingerprint density at radius 3 is 1.44 bits per heavy atom. The molecule has 2 fully saturated rings. The van der Waals surface area contributed by atoms with E-state index >= 15 is 0 Å². The predicted octanol–water partition coefficient (Wildman–Crippen LogP) is 4.98. The zero-order valence-corrected chi connectivity index (χ0v) is 14.4. The van der Waals surface area contributed by atoms with Gasteiger partial charge in [-0.25, -0.2) is 9.34 Å². The molecule has 1 saturated carbocycles. The van der Waals surface area contributed by atoms with Crippen LogP contribution >= 0.6 is 18.8 Å². The van der Waals surface area contributed by atoms with Gasteiger partial charge in [-0.3, -0.25) is 0 Å². The average Bonchev–Trinajstić information content (AvgIpc) is 2.47. The van der Waals surface area contributed by atoms with Crippen LogP contribution in [0.4, 0.5) is 0 Å². The monoisotopic (exact) mass is 290 g/mol. The van der Waals surface area contributed by atoms with Crippen LogP contribution in [0.1, 0.15) is 67.2 Å². The van der Waals surface area contributed by atoms with Crippen molar-refractivity contribution in [3.63, 3.8) is 0 Å². The topological polar surface area (TPSA) is 6.48 Å². The van der Waals surface area contributed by atoms with Gasteiger partial charge >= 0.3 is 0 Å². The molecule has 2 atom stereocenters. The highest BCUT2D eigenvalue weighted by molar-refractivity contribution is 7.80. The third-order valence-corrected chi connectivity index (χ3v) is 7.53. The smallest absolute Gasteiger partial charge is 0.141 e. The summed E-state index contributed by atoms with van der Waals surface area (Å²) in [5, 5.41) is 0. The van der Waals surface area contributed by atoms with Crippen molar-refractivity contribution in [1.29, 1.82) is 0 Å². The molecule has 0 unspecified atom stereocenters. The molecule has 18 heavy (non-hydrogen) atoms. The van der Waals surface area contributed by atoms with Crippen LogP contribution in [0, 0.1) is 0 Å². The maximum atomic E-state index is 6.90. The SMILES string of the molecule is CC(C)(C)N1[C@@H]2CCCC[C@H]2N(C(C)(C)C)P1Cl. The zero-order valence-electron chi connectivity index (χ0n) is 12.7. The van der Waals surface area contributed by atoms with Gasteiger partial charge in [0.05, 0.1) is 0 Å². The van der Waals surface area contributed by atoms with Gasteiger partial charge in [0.15, 0.2) is 0 Å². The summed E-state index contributed by atoms with van der Waals surface area (Å²) in [6.07, 6.45) is 5.37. The number of hydrogen-bond acceptors (Lipinski definition) is 2. The second-order valence-electron chi connectivity index (χ2n) is 7.69. The Bertz CT molecular complexity index is 278. The molecular weight excluding hydrogens is 263 g/mol. The molecule has 2 aliphatic rings. The standard InChI is InChI=1S/C14H28ClN2P/c1-13(2,3)16-11-9-7-8-10-12(11)17(18(16)15)14(4,5)6/h11-12H,7-10H2,1-6H3/t11-,12-/m1/s1. The summed E-state index contributed by atoms with van der Waals surface area (Å²) in [7, 11) is -0.679. The van der Waals surface area contributed by atoms with Gasteiger partial charge in [-0.2, -0.15) is 0 Å². The van der Waals surface area contributed by atoms with Gasteiger partial charge in [0.25, 0.3) is 0 Å². The molecule has 0 radical (unpaired) electrons. The van der Waals surface area contributed by atoms with Crippen molar-refractivity contribution in [3.05, 3.63) is 0 Å². The van der Waals surface area contributed by atoms with Crippen molar-refractivity contribution in [3.8, 4) is 0 Å². The van der Waals surface area contributed by atoms with E-state index in [0.717, 1.165) is 0 Å². The van der Waals surface area contributed by atoms with E-state index in [4.69, 9.17) is 11.2 Å². The first kappa shape index (κ1) is 15.0.